The molecule has 92 valence electrons. The third-order valence-corrected chi connectivity index (χ3v) is 2.29. The highest BCUT2D eigenvalue weighted by Gasteiger charge is 2.11. The van der Waals surface area contributed by atoms with Crippen LogP contribution in [0.1, 0.15) is 22.3 Å². The van der Waals surface area contributed by atoms with Crippen LogP contribution in [-0.2, 0) is 4.79 Å². The summed E-state index contributed by atoms with van der Waals surface area (Å²) in [6.45, 7) is 1.93. The maximum absolute atomic E-state index is 13.4. The number of benzene rings is 1. The smallest absolute Gasteiger partial charge is 0.254 e. The van der Waals surface area contributed by atoms with Gasteiger partial charge in [-0.25, -0.2) is 4.39 Å². The van der Waals surface area contributed by atoms with Crippen LogP contribution in [0.5, 0.6) is 0 Å². The summed E-state index contributed by atoms with van der Waals surface area (Å²) in [7, 11) is 1.52. The Labute approximate surface area is 99.2 Å². The molecule has 0 aliphatic carbocycles. The first-order valence-corrected chi connectivity index (χ1v) is 5.29. The summed E-state index contributed by atoms with van der Waals surface area (Å²) < 4.78 is 13.4. The fourth-order valence-corrected chi connectivity index (χ4v) is 1.31. The highest BCUT2D eigenvalue weighted by atomic mass is 19.1. The summed E-state index contributed by atoms with van der Waals surface area (Å²) in [5.41, 5.74) is 0.747. The average Bonchev–Trinajstić information content (AvgIpc) is 2.28. The van der Waals surface area contributed by atoms with Crippen LogP contribution in [0.3, 0.4) is 0 Å². The zero-order chi connectivity index (χ0) is 12.8. The van der Waals surface area contributed by atoms with Crippen molar-refractivity contribution in [2.45, 2.75) is 13.3 Å². The van der Waals surface area contributed by atoms with E-state index in [4.69, 9.17) is 0 Å². The summed E-state index contributed by atoms with van der Waals surface area (Å²) in [5.74, 6) is -1.23. The van der Waals surface area contributed by atoms with Crippen molar-refractivity contribution in [3.63, 3.8) is 0 Å². The van der Waals surface area contributed by atoms with Gasteiger partial charge in [-0.3, -0.25) is 9.59 Å². The largest absolute Gasteiger partial charge is 0.359 e. The quantitative estimate of drug-likeness (QED) is 0.822. The standard InChI is InChI=1S/C12H15FN2O2/c1-8-3-4-9(10(13)7-8)12(17)15-6-5-11(16)14-2/h3-4,7H,5-6H2,1-2H3,(H,14,16)(H,15,17). The molecule has 0 unspecified atom stereocenters. The molecule has 1 aromatic carbocycles. The van der Waals surface area contributed by atoms with Gasteiger partial charge in [0.15, 0.2) is 0 Å². The number of carbonyl (C=O) groups is 2. The monoisotopic (exact) mass is 238 g/mol. The zero-order valence-corrected chi connectivity index (χ0v) is 9.84. The van der Waals surface area contributed by atoms with Gasteiger partial charge in [0.1, 0.15) is 5.82 Å². The number of hydrogen-bond acceptors (Lipinski definition) is 2. The lowest BCUT2D eigenvalue weighted by atomic mass is 10.1. The van der Waals surface area contributed by atoms with E-state index in [9.17, 15) is 14.0 Å². The average molecular weight is 238 g/mol. The maximum atomic E-state index is 13.4. The molecule has 2 N–H and O–H groups in total. The Hall–Kier alpha value is -1.91. The molecule has 0 bridgehead atoms. The zero-order valence-electron chi connectivity index (χ0n) is 9.84. The van der Waals surface area contributed by atoms with E-state index >= 15 is 0 Å². The van der Waals surface area contributed by atoms with Gasteiger partial charge in [-0.2, -0.15) is 0 Å². The second-order valence-electron chi connectivity index (χ2n) is 3.66. The summed E-state index contributed by atoms with van der Waals surface area (Å²) in [5, 5.41) is 4.92. The molecule has 1 rings (SSSR count). The lowest BCUT2D eigenvalue weighted by molar-refractivity contribution is -0.120. The topological polar surface area (TPSA) is 58.2 Å². The van der Waals surface area contributed by atoms with Crippen LogP contribution in [0, 0.1) is 12.7 Å². The Morgan fingerprint density at radius 3 is 2.65 bits per heavy atom. The fourth-order valence-electron chi connectivity index (χ4n) is 1.31. The van der Waals surface area contributed by atoms with E-state index in [0.717, 1.165) is 5.56 Å². The molecule has 0 aliphatic rings. The van der Waals surface area contributed by atoms with Crippen molar-refractivity contribution in [2.75, 3.05) is 13.6 Å². The molecule has 0 fully saturated rings. The van der Waals surface area contributed by atoms with Crippen molar-refractivity contribution in [1.82, 2.24) is 10.6 Å². The molecule has 2 amide bonds. The fraction of sp³-hybridized carbons (Fsp3) is 0.333. The van der Waals surface area contributed by atoms with Gasteiger partial charge in [-0.05, 0) is 24.6 Å². The van der Waals surface area contributed by atoms with Gasteiger partial charge in [-0.15, -0.1) is 0 Å². The number of hydrogen-bond donors (Lipinski definition) is 2. The molecular formula is C12H15FN2O2. The second-order valence-corrected chi connectivity index (χ2v) is 3.66. The van der Waals surface area contributed by atoms with E-state index in [0.29, 0.717) is 0 Å². The van der Waals surface area contributed by atoms with Crippen LogP contribution in [0.4, 0.5) is 4.39 Å². The molecule has 0 spiro atoms. The number of nitrogens with one attached hydrogen (secondary N) is 2. The molecule has 17 heavy (non-hydrogen) atoms. The molecule has 0 saturated carbocycles. The Kier molecular flexibility index (Phi) is 4.63. The molecule has 1 aromatic rings. The molecule has 0 saturated heterocycles. The molecule has 0 aliphatic heterocycles. The van der Waals surface area contributed by atoms with Crippen LogP contribution in [0.25, 0.3) is 0 Å². The van der Waals surface area contributed by atoms with Crippen molar-refractivity contribution in [2.24, 2.45) is 0 Å². The van der Waals surface area contributed by atoms with Crippen molar-refractivity contribution in [3.8, 4) is 0 Å². The summed E-state index contributed by atoms with van der Waals surface area (Å²) in [4.78, 5) is 22.5. The Balaban J connectivity index is 2.55. The first-order valence-electron chi connectivity index (χ1n) is 5.29. The highest BCUT2D eigenvalue weighted by Crippen LogP contribution is 2.09. The molecule has 0 radical (unpaired) electrons. The summed E-state index contributed by atoms with van der Waals surface area (Å²) in [6.07, 6.45) is 0.176. The van der Waals surface area contributed by atoms with Crippen LogP contribution in [0.15, 0.2) is 18.2 Å². The number of amides is 2. The third kappa shape index (κ3) is 3.86. The second kappa shape index (κ2) is 5.98. The third-order valence-electron chi connectivity index (χ3n) is 2.29. The summed E-state index contributed by atoms with van der Waals surface area (Å²) >= 11 is 0. The van der Waals surface area contributed by atoms with E-state index in [2.05, 4.69) is 10.6 Å². The molecular weight excluding hydrogens is 223 g/mol. The van der Waals surface area contributed by atoms with E-state index in [1.165, 1.54) is 19.2 Å². The SMILES string of the molecule is CNC(=O)CCNC(=O)c1ccc(C)cc1F. The van der Waals surface area contributed by atoms with E-state index in [-0.39, 0.29) is 24.4 Å². The van der Waals surface area contributed by atoms with Gasteiger partial charge in [0.2, 0.25) is 5.91 Å². The number of halogens is 1. The molecule has 5 heteroatoms. The van der Waals surface area contributed by atoms with Crippen molar-refractivity contribution >= 4 is 11.8 Å². The van der Waals surface area contributed by atoms with Gasteiger partial charge >= 0.3 is 0 Å². The van der Waals surface area contributed by atoms with Crippen LogP contribution in [-0.4, -0.2) is 25.4 Å². The number of carbonyl (C=O) groups excluding carboxylic acids is 2. The maximum Gasteiger partial charge on any atom is 0.254 e. The Morgan fingerprint density at radius 1 is 1.35 bits per heavy atom. The van der Waals surface area contributed by atoms with Crippen LogP contribution < -0.4 is 10.6 Å². The highest BCUT2D eigenvalue weighted by molar-refractivity contribution is 5.94. The number of aryl methyl sites for hydroxylation is 1. The van der Waals surface area contributed by atoms with E-state index in [1.54, 1.807) is 13.0 Å². The molecule has 4 nitrogen and oxygen atoms in total. The van der Waals surface area contributed by atoms with Gasteiger partial charge < -0.3 is 10.6 Å². The molecule has 0 aromatic heterocycles. The van der Waals surface area contributed by atoms with Crippen molar-refractivity contribution < 1.29 is 14.0 Å². The first-order chi connectivity index (χ1) is 8.04. The lowest BCUT2D eigenvalue weighted by Crippen LogP contribution is -2.29. The van der Waals surface area contributed by atoms with E-state index < -0.39 is 11.7 Å². The first kappa shape index (κ1) is 13.2. The minimum Gasteiger partial charge on any atom is -0.359 e. The predicted octanol–water partition coefficient (Wildman–Crippen LogP) is 1.00. The summed E-state index contributed by atoms with van der Waals surface area (Å²) in [6, 6.07) is 4.39. The minimum atomic E-state index is -0.553. The van der Waals surface area contributed by atoms with Crippen molar-refractivity contribution in [1.29, 1.82) is 0 Å². The van der Waals surface area contributed by atoms with Gasteiger partial charge in [-0.1, -0.05) is 6.07 Å². The van der Waals surface area contributed by atoms with Crippen molar-refractivity contribution in [3.05, 3.63) is 35.1 Å². The molecule has 0 atom stereocenters. The minimum absolute atomic E-state index is 0.00694. The number of rotatable bonds is 4. The van der Waals surface area contributed by atoms with Crippen LogP contribution in [0.2, 0.25) is 0 Å². The van der Waals surface area contributed by atoms with Gasteiger partial charge in [0, 0.05) is 20.0 Å². The molecule has 0 heterocycles. The van der Waals surface area contributed by atoms with Gasteiger partial charge in [0.25, 0.3) is 5.91 Å². The van der Waals surface area contributed by atoms with Gasteiger partial charge in [0.05, 0.1) is 5.56 Å². The lowest BCUT2D eigenvalue weighted by Gasteiger charge is -2.06. The Morgan fingerprint density at radius 2 is 2.06 bits per heavy atom. The van der Waals surface area contributed by atoms with Crippen LogP contribution >= 0.6 is 0 Å². The normalized spacial score (nSPS) is 9.82. The predicted molar refractivity (Wildman–Crippen MR) is 62.2 cm³/mol. The van der Waals surface area contributed by atoms with E-state index in [1.807, 2.05) is 0 Å². The Bertz CT molecular complexity index is 433.